The van der Waals surface area contributed by atoms with Gasteiger partial charge in [-0.25, -0.2) is 4.98 Å². The number of hydrogen-bond acceptors (Lipinski definition) is 4. The molecule has 4 rings (SSSR count). The average molecular weight is 387 g/mol. The highest BCUT2D eigenvalue weighted by Crippen LogP contribution is 2.20. The molecule has 1 saturated carbocycles. The van der Waals surface area contributed by atoms with E-state index in [0.717, 1.165) is 18.5 Å². The third kappa shape index (κ3) is 4.20. The fourth-order valence-corrected chi connectivity index (χ4v) is 2.97. The van der Waals surface area contributed by atoms with Gasteiger partial charge >= 0.3 is 0 Å². The van der Waals surface area contributed by atoms with Crippen LogP contribution in [0.1, 0.15) is 42.6 Å². The van der Waals surface area contributed by atoms with Crippen molar-refractivity contribution in [2.45, 2.75) is 38.3 Å². The molecule has 0 unspecified atom stereocenters. The van der Waals surface area contributed by atoms with E-state index in [1.165, 1.54) is 6.20 Å². The summed E-state index contributed by atoms with van der Waals surface area (Å²) in [5, 5.41) is 13.1. The molecule has 0 spiro atoms. The van der Waals surface area contributed by atoms with Gasteiger partial charge in [0.1, 0.15) is 16.8 Å². The average Bonchev–Trinajstić information content (AvgIpc) is 3.50. The molecule has 29 heavy (non-hydrogen) atoms. The molecule has 0 aliphatic heterocycles. The van der Waals surface area contributed by atoms with E-state index in [4.69, 9.17) is 0 Å². The van der Waals surface area contributed by atoms with Crippen LogP contribution >= 0.6 is 0 Å². The molecule has 6 heteroatoms. The van der Waals surface area contributed by atoms with E-state index in [-0.39, 0.29) is 22.9 Å². The van der Waals surface area contributed by atoms with Crippen molar-refractivity contribution >= 4 is 16.9 Å². The topological polar surface area (TPSA) is 84.2 Å². The molecule has 0 saturated heterocycles. The molecule has 1 fully saturated rings. The van der Waals surface area contributed by atoms with Crippen LogP contribution in [-0.2, 0) is 0 Å². The summed E-state index contributed by atoms with van der Waals surface area (Å²) in [6.45, 7) is 3.24. The van der Waals surface area contributed by atoms with E-state index < -0.39 is 5.60 Å². The van der Waals surface area contributed by atoms with Crippen LogP contribution in [-0.4, -0.2) is 32.2 Å². The summed E-state index contributed by atoms with van der Waals surface area (Å²) < 4.78 is 1.73. The molecule has 3 aromatic rings. The second-order valence-corrected chi connectivity index (χ2v) is 7.72. The van der Waals surface area contributed by atoms with Crippen LogP contribution < -0.4 is 10.7 Å². The maximum absolute atomic E-state index is 12.9. The predicted molar refractivity (Wildman–Crippen MR) is 111 cm³/mol. The summed E-state index contributed by atoms with van der Waals surface area (Å²) in [5.74, 6) is 5.37. The van der Waals surface area contributed by atoms with Gasteiger partial charge in [0.15, 0.2) is 0 Å². The van der Waals surface area contributed by atoms with Gasteiger partial charge in [0, 0.05) is 29.7 Å². The first-order valence-electron chi connectivity index (χ1n) is 9.49. The van der Waals surface area contributed by atoms with E-state index in [2.05, 4.69) is 22.1 Å². The van der Waals surface area contributed by atoms with Crippen LogP contribution in [0.5, 0.6) is 0 Å². The minimum atomic E-state index is -1.10. The van der Waals surface area contributed by atoms with Crippen molar-refractivity contribution in [2.24, 2.45) is 0 Å². The van der Waals surface area contributed by atoms with Crippen molar-refractivity contribution in [1.82, 2.24) is 14.9 Å². The highest BCUT2D eigenvalue weighted by Gasteiger charge is 2.26. The van der Waals surface area contributed by atoms with Crippen molar-refractivity contribution in [3.8, 4) is 17.5 Å². The lowest BCUT2D eigenvalue weighted by molar-refractivity contribution is 0.0949. The number of amides is 1. The fraction of sp³-hybridized carbons (Fsp3) is 0.261. The van der Waals surface area contributed by atoms with Crippen molar-refractivity contribution in [3.63, 3.8) is 0 Å². The number of rotatable bonds is 3. The molecule has 0 bridgehead atoms. The third-order valence-corrected chi connectivity index (χ3v) is 4.56. The van der Waals surface area contributed by atoms with Gasteiger partial charge in [0.25, 0.3) is 5.91 Å². The number of fused-ring (bicyclic) bond motifs is 1. The Bertz CT molecular complexity index is 1220. The van der Waals surface area contributed by atoms with Crippen LogP contribution in [0.15, 0.2) is 53.6 Å². The molecule has 6 nitrogen and oxygen atoms in total. The molecule has 1 aromatic carbocycles. The minimum Gasteiger partial charge on any atom is -0.378 e. The monoisotopic (exact) mass is 387 g/mol. The minimum absolute atomic E-state index is 0.0883. The molecule has 0 radical (unpaired) electrons. The number of carbonyl (C=O) groups excluding carboxylic acids is 1. The third-order valence-electron chi connectivity index (χ3n) is 4.56. The number of carbonyl (C=O) groups is 1. The van der Waals surface area contributed by atoms with Crippen molar-refractivity contribution < 1.29 is 9.90 Å². The normalized spacial score (nSPS) is 13.6. The number of benzene rings is 1. The Morgan fingerprint density at radius 1 is 1.28 bits per heavy atom. The Balaban J connectivity index is 1.87. The summed E-state index contributed by atoms with van der Waals surface area (Å²) in [5.41, 5.74) is 0.544. The Kier molecular flexibility index (Phi) is 4.69. The second-order valence-electron chi connectivity index (χ2n) is 7.72. The number of nitrogens with one attached hydrogen (secondary N) is 1. The van der Waals surface area contributed by atoms with Gasteiger partial charge in [-0.1, -0.05) is 17.9 Å². The Labute approximate surface area is 168 Å². The molecule has 1 aliphatic rings. The van der Waals surface area contributed by atoms with Gasteiger partial charge in [-0.2, -0.15) is 0 Å². The Morgan fingerprint density at radius 3 is 2.79 bits per heavy atom. The summed E-state index contributed by atoms with van der Waals surface area (Å²) in [6.07, 6.45) is 5.03. The summed E-state index contributed by atoms with van der Waals surface area (Å²) in [7, 11) is 0. The maximum atomic E-state index is 12.9. The lowest BCUT2D eigenvalue weighted by Gasteiger charge is -2.13. The zero-order chi connectivity index (χ0) is 20.6. The van der Waals surface area contributed by atoms with Gasteiger partial charge in [-0.3, -0.25) is 9.59 Å². The Morgan fingerprint density at radius 2 is 2.07 bits per heavy atom. The van der Waals surface area contributed by atoms with Gasteiger partial charge in [0.2, 0.25) is 5.43 Å². The van der Waals surface area contributed by atoms with Gasteiger partial charge in [-0.15, -0.1) is 0 Å². The molecular formula is C23H21N3O3. The van der Waals surface area contributed by atoms with E-state index >= 15 is 0 Å². The first kappa shape index (κ1) is 18.9. The molecule has 2 heterocycles. The molecule has 146 valence electrons. The summed E-state index contributed by atoms with van der Waals surface area (Å²) in [6, 6.07) is 10.9. The van der Waals surface area contributed by atoms with E-state index in [9.17, 15) is 14.7 Å². The predicted octanol–water partition coefficient (Wildman–Crippen LogP) is 2.40. The molecule has 2 aromatic heterocycles. The first-order valence-corrected chi connectivity index (χ1v) is 9.49. The highest BCUT2D eigenvalue weighted by atomic mass is 16.3. The van der Waals surface area contributed by atoms with E-state index in [0.29, 0.717) is 16.6 Å². The van der Waals surface area contributed by atoms with Crippen LogP contribution in [0.4, 0.5) is 0 Å². The number of aromatic nitrogens is 2. The van der Waals surface area contributed by atoms with Gasteiger partial charge in [0.05, 0.1) is 5.39 Å². The van der Waals surface area contributed by atoms with E-state index in [1.54, 1.807) is 36.7 Å². The van der Waals surface area contributed by atoms with E-state index in [1.807, 2.05) is 24.3 Å². The molecule has 0 atom stereocenters. The second kappa shape index (κ2) is 7.19. The van der Waals surface area contributed by atoms with Crippen LogP contribution in [0.3, 0.4) is 0 Å². The number of pyridine rings is 2. The largest absolute Gasteiger partial charge is 0.378 e. The lowest BCUT2D eigenvalue weighted by Crippen LogP contribution is -2.31. The molecule has 2 N–H and O–H groups in total. The van der Waals surface area contributed by atoms with Crippen LogP contribution in [0, 0.1) is 11.8 Å². The van der Waals surface area contributed by atoms with Crippen molar-refractivity contribution in [1.29, 1.82) is 0 Å². The maximum Gasteiger partial charge on any atom is 0.257 e. The van der Waals surface area contributed by atoms with Gasteiger partial charge < -0.3 is 15.0 Å². The first-order chi connectivity index (χ1) is 13.8. The lowest BCUT2D eigenvalue weighted by atomic mass is 10.1. The smallest absolute Gasteiger partial charge is 0.257 e. The Hall–Kier alpha value is -3.43. The number of nitrogens with zero attached hydrogens (tertiary/aromatic N) is 2. The number of aliphatic hydroxyl groups is 1. The van der Waals surface area contributed by atoms with Crippen molar-refractivity contribution in [3.05, 3.63) is 70.1 Å². The zero-order valence-electron chi connectivity index (χ0n) is 16.3. The fourth-order valence-electron chi connectivity index (χ4n) is 2.97. The zero-order valence-corrected chi connectivity index (χ0v) is 16.3. The van der Waals surface area contributed by atoms with Crippen LogP contribution in [0.25, 0.3) is 16.7 Å². The molecule has 1 aliphatic carbocycles. The number of hydrogen-bond donors (Lipinski definition) is 2. The van der Waals surface area contributed by atoms with Gasteiger partial charge in [-0.05, 0) is 57.0 Å². The van der Waals surface area contributed by atoms with Crippen LogP contribution in [0.2, 0.25) is 0 Å². The summed E-state index contributed by atoms with van der Waals surface area (Å²) in [4.78, 5) is 29.9. The molecular weight excluding hydrogens is 366 g/mol. The standard InChI is InChI=1S/C23H21N3O3/c1-23(2,29)11-10-15-5-3-6-17(13-15)26-14-19(22(28)25-16-8-9-16)20(27)18-7-4-12-24-21(18)26/h3-7,12-14,16,29H,8-9H2,1-2H3,(H,25,28). The highest BCUT2D eigenvalue weighted by molar-refractivity contribution is 5.97. The summed E-state index contributed by atoms with van der Waals surface area (Å²) >= 11 is 0. The quantitative estimate of drug-likeness (QED) is 0.676. The van der Waals surface area contributed by atoms with Crippen molar-refractivity contribution in [2.75, 3.05) is 0 Å². The SMILES string of the molecule is CC(C)(O)C#Cc1cccc(-n2cc(C(=O)NC3CC3)c(=O)c3cccnc32)c1. The molecule has 1 amide bonds.